The highest BCUT2D eigenvalue weighted by Gasteiger charge is 2.24. The number of benzene rings is 1. The minimum Gasteiger partial charge on any atom is -0.462 e. The van der Waals surface area contributed by atoms with Gasteiger partial charge in [-0.15, -0.1) is 22.7 Å². The van der Waals surface area contributed by atoms with Crippen LogP contribution in [0.5, 0.6) is 0 Å². The van der Waals surface area contributed by atoms with Crippen LogP contribution >= 0.6 is 22.7 Å². The van der Waals surface area contributed by atoms with Crippen LogP contribution < -0.4 is 5.32 Å². The third-order valence-electron chi connectivity index (χ3n) is 4.12. The van der Waals surface area contributed by atoms with E-state index in [2.05, 4.69) is 10.3 Å². The molecule has 3 rings (SSSR count). The first-order valence-electron chi connectivity index (χ1n) is 8.53. The zero-order chi connectivity index (χ0) is 19.6. The van der Waals surface area contributed by atoms with E-state index in [0.29, 0.717) is 21.1 Å². The fourth-order valence-electron chi connectivity index (χ4n) is 2.64. The molecule has 2 heterocycles. The summed E-state index contributed by atoms with van der Waals surface area (Å²) in [6.45, 7) is 7.64. The fourth-order valence-corrected chi connectivity index (χ4v) is 4.65. The largest absolute Gasteiger partial charge is 0.462 e. The molecule has 0 aliphatic carbocycles. The van der Waals surface area contributed by atoms with Gasteiger partial charge < -0.3 is 10.1 Å². The lowest BCUT2D eigenvalue weighted by molar-refractivity contribution is 0.0527. The van der Waals surface area contributed by atoms with Gasteiger partial charge in [-0.25, -0.2) is 9.78 Å². The molecule has 0 spiro atoms. The van der Waals surface area contributed by atoms with Gasteiger partial charge >= 0.3 is 5.97 Å². The zero-order valence-corrected chi connectivity index (χ0v) is 17.2. The maximum Gasteiger partial charge on any atom is 0.341 e. The third-order valence-corrected chi connectivity index (χ3v) is 6.44. The summed E-state index contributed by atoms with van der Waals surface area (Å²) < 4.78 is 5.14. The molecule has 2 aromatic heterocycles. The first-order chi connectivity index (χ1) is 12.9. The molecule has 1 aromatic carbocycles. The molecule has 7 heteroatoms. The molecule has 140 valence electrons. The third kappa shape index (κ3) is 3.94. The van der Waals surface area contributed by atoms with Crippen LogP contribution in [0.4, 0.5) is 5.00 Å². The van der Waals surface area contributed by atoms with Gasteiger partial charge in [0.15, 0.2) is 0 Å². The minimum absolute atomic E-state index is 0.265. The summed E-state index contributed by atoms with van der Waals surface area (Å²) in [5.41, 5.74) is 2.90. The number of hydrogen-bond acceptors (Lipinski definition) is 6. The lowest BCUT2D eigenvalue weighted by Gasteiger charge is -2.06. The van der Waals surface area contributed by atoms with Gasteiger partial charge in [0, 0.05) is 10.4 Å². The summed E-state index contributed by atoms with van der Waals surface area (Å²) in [6, 6.07) is 9.74. The number of aryl methyl sites for hydroxylation is 2. The Morgan fingerprint density at radius 3 is 2.48 bits per heavy atom. The van der Waals surface area contributed by atoms with Crippen molar-refractivity contribution in [2.45, 2.75) is 27.7 Å². The van der Waals surface area contributed by atoms with Crippen LogP contribution in [-0.4, -0.2) is 23.5 Å². The molecule has 0 saturated heterocycles. The number of amides is 1. The van der Waals surface area contributed by atoms with E-state index in [0.717, 1.165) is 21.0 Å². The standard InChI is InChI=1S/C20H20N2O3S2/c1-5-25-20(24)15-11(2)13(4)26-19(15)22-17(23)16-12(3)21-18(27-16)14-9-7-6-8-10-14/h6-10H,5H2,1-4H3,(H,22,23). The minimum atomic E-state index is -0.416. The number of hydrogen-bond donors (Lipinski definition) is 1. The van der Waals surface area contributed by atoms with Crippen LogP contribution in [0.25, 0.3) is 10.6 Å². The van der Waals surface area contributed by atoms with E-state index in [1.807, 2.05) is 51.1 Å². The van der Waals surface area contributed by atoms with Crippen LogP contribution in [0.2, 0.25) is 0 Å². The van der Waals surface area contributed by atoms with Crippen LogP contribution in [0, 0.1) is 20.8 Å². The number of thiazole rings is 1. The number of thiophene rings is 1. The molecule has 0 atom stereocenters. The van der Waals surface area contributed by atoms with Gasteiger partial charge in [0.25, 0.3) is 5.91 Å². The average Bonchev–Trinajstić information content (AvgIpc) is 3.16. The second-order valence-corrected chi connectivity index (χ2v) is 8.19. The predicted molar refractivity (Wildman–Crippen MR) is 110 cm³/mol. The summed E-state index contributed by atoms with van der Waals surface area (Å²) in [4.78, 5) is 31.2. The molecule has 0 saturated carbocycles. The van der Waals surface area contributed by atoms with Gasteiger partial charge in [-0.1, -0.05) is 30.3 Å². The van der Waals surface area contributed by atoms with Gasteiger partial charge in [0.05, 0.1) is 17.9 Å². The van der Waals surface area contributed by atoms with Gasteiger partial charge in [-0.05, 0) is 33.3 Å². The van der Waals surface area contributed by atoms with Crippen molar-refractivity contribution in [3.63, 3.8) is 0 Å². The number of carbonyl (C=O) groups excluding carboxylic acids is 2. The first-order valence-corrected chi connectivity index (χ1v) is 10.2. The van der Waals surface area contributed by atoms with Crippen molar-refractivity contribution < 1.29 is 14.3 Å². The van der Waals surface area contributed by atoms with E-state index in [9.17, 15) is 9.59 Å². The molecule has 0 radical (unpaired) electrons. The summed E-state index contributed by atoms with van der Waals surface area (Å²) in [5, 5.41) is 4.19. The Morgan fingerprint density at radius 1 is 1.11 bits per heavy atom. The van der Waals surface area contributed by atoms with E-state index < -0.39 is 5.97 Å². The Balaban J connectivity index is 1.90. The van der Waals surface area contributed by atoms with Crippen LogP contribution in [0.3, 0.4) is 0 Å². The molecule has 0 aliphatic heterocycles. The van der Waals surface area contributed by atoms with Crippen molar-refractivity contribution in [2.24, 2.45) is 0 Å². The van der Waals surface area contributed by atoms with Gasteiger partial charge in [-0.3, -0.25) is 4.79 Å². The number of esters is 1. The number of aromatic nitrogens is 1. The van der Waals surface area contributed by atoms with E-state index in [4.69, 9.17) is 4.74 Å². The predicted octanol–water partition coefficient (Wildman–Crippen LogP) is 5.23. The Kier molecular flexibility index (Phi) is 5.72. The van der Waals surface area contributed by atoms with E-state index in [1.54, 1.807) is 6.92 Å². The number of carbonyl (C=O) groups is 2. The second kappa shape index (κ2) is 8.02. The Labute approximate surface area is 166 Å². The van der Waals surface area contributed by atoms with Crippen molar-refractivity contribution >= 4 is 39.6 Å². The molecular weight excluding hydrogens is 380 g/mol. The summed E-state index contributed by atoms with van der Waals surface area (Å²) in [7, 11) is 0. The van der Waals surface area contributed by atoms with Crippen LogP contribution in [-0.2, 0) is 4.74 Å². The number of anilines is 1. The maximum atomic E-state index is 12.8. The summed E-state index contributed by atoms with van der Waals surface area (Å²) in [5.74, 6) is -0.681. The number of rotatable bonds is 5. The van der Waals surface area contributed by atoms with Crippen molar-refractivity contribution in [1.29, 1.82) is 0 Å². The first kappa shape index (κ1) is 19.3. The van der Waals surface area contributed by atoms with Crippen LogP contribution in [0.15, 0.2) is 30.3 Å². The Bertz CT molecular complexity index is 990. The fraction of sp³-hybridized carbons (Fsp3) is 0.250. The highest BCUT2D eigenvalue weighted by molar-refractivity contribution is 7.18. The number of nitrogens with zero attached hydrogens (tertiary/aromatic N) is 1. The van der Waals surface area contributed by atoms with Crippen molar-refractivity contribution in [3.8, 4) is 10.6 Å². The van der Waals surface area contributed by atoms with Gasteiger partial charge in [-0.2, -0.15) is 0 Å². The second-order valence-electron chi connectivity index (χ2n) is 5.96. The smallest absolute Gasteiger partial charge is 0.341 e. The van der Waals surface area contributed by atoms with Gasteiger partial charge in [0.2, 0.25) is 0 Å². The number of ether oxygens (including phenoxy) is 1. The van der Waals surface area contributed by atoms with E-state index in [-0.39, 0.29) is 12.5 Å². The number of nitrogens with one attached hydrogen (secondary N) is 1. The lowest BCUT2D eigenvalue weighted by Crippen LogP contribution is -2.14. The molecule has 0 fully saturated rings. The molecule has 1 N–H and O–H groups in total. The molecule has 1 amide bonds. The monoisotopic (exact) mass is 400 g/mol. The normalized spacial score (nSPS) is 10.7. The molecule has 5 nitrogen and oxygen atoms in total. The summed E-state index contributed by atoms with van der Waals surface area (Å²) >= 11 is 2.72. The SMILES string of the molecule is CCOC(=O)c1c(NC(=O)c2sc(-c3ccccc3)nc2C)sc(C)c1C. The highest BCUT2D eigenvalue weighted by atomic mass is 32.1. The molecule has 0 aliphatic rings. The molecular formula is C20H20N2O3S2. The van der Waals surface area contributed by atoms with Crippen molar-refractivity contribution in [1.82, 2.24) is 4.98 Å². The Morgan fingerprint density at radius 2 is 1.81 bits per heavy atom. The van der Waals surface area contributed by atoms with Crippen LogP contribution in [0.1, 0.15) is 43.1 Å². The van der Waals surface area contributed by atoms with Gasteiger partial charge in [0.1, 0.15) is 14.9 Å². The highest BCUT2D eigenvalue weighted by Crippen LogP contribution is 2.34. The quantitative estimate of drug-likeness (QED) is 0.596. The average molecular weight is 401 g/mol. The topological polar surface area (TPSA) is 68.3 Å². The molecule has 0 unspecified atom stereocenters. The van der Waals surface area contributed by atoms with Crippen molar-refractivity contribution in [2.75, 3.05) is 11.9 Å². The zero-order valence-electron chi connectivity index (χ0n) is 15.6. The molecule has 0 bridgehead atoms. The Hall–Kier alpha value is -2.51. The lowest BCUT2D eigenvalue weighted by atomic mass is 10.1. The summed E-state index contributed by atoms with van der Waals surface area (Å²) in [6.07, 6.45) is 0. The van der Waals surface area contributed by atoms with E-state index >= 15 is 0 Å². The van der Waals surface area contributed by atoms with E-state index in [1.165, 1.54) is 22.7 Å². The van der Waals surface area contributed by atoms with Crippen molar-refractivity contribution in [3.05, 3.63) is 56.9 Å². The molecule has 27 heavy (non-hydrogen) atoms. The molecule has 3 aromatic rings. The maximum absolute atomic E-state index is 12.8.